The molecule has 0 radical (unpaired) electrons. The van der Waals surface area contributed by atoms with Crippen molar-refractivity contribution >= 4 is 34.7 Å². The SMILES string of the molecule is Cn1cc(/C=C/c2n[nH]c3ccc(-c4ccc(CN5CCNCC5)cc4)c(Cl)c23)cn1. The predicted molar refractivity (Wildman–Crippen MR) is 127 cm³/mol. The summed E-state index contributed by atoms with van der Waals surface area (Å²) in [6.45, 7) is 5.31. The van der Waals surface area contributed by atoms with Crippen molar-refractivity contribution < 1.29 is 0 Å². The van der Waals surface area contributed by atoms with Gasteiger partial charge in [0.15, 0.2) is 0 Å². The van der Waals surface area contributed by atoms with Crippen LogP contribution >= 0.6 is 11.6 Å². The van der Waals surface area contributed by atoms with Crippen LogP contribution in [-0.4, -0.2) is 51.1 Å². The van der Waals surface area contributed by atoms with Gasteiger partial charge in [0.05, 0.1) is 22.4 Å². The van der Waals surface area contributed by atoms with Gasteiger partial charge in [-0.15, -0.1) is 0 Å². The monoisotopic (exact) mass is 432 g/mol. The van der Waals surface area contributed by atoms with Gasteiger partial charge in [-0.2, -0.15) is 10.2 Å². The highest BCUT2D eigenvalue weighted by Gasteiger charge is 2.14. The number of aryl methyl sites for hydroxylation is 1. The summed E-state index contributed by atoms with van der Waals surface area (Å²) in [5.74, 6) is 0. The van der Waals surface area contributed by atoms with Crippen molar-refractivity contribution in [2.75, 3.05) is 26.2 Å². The average molecular weight is 433 g/mol. The highest BCUT2D eigenvalue weighted by atomic mass is 35.5. The lowest BCUT2D eigenvalue weighted by atomic mass is 10.0. The van der Waals surface area contributed by atoms with Crippen molar-refractivity contribution in [1.29, 1.82) is 0 Å². The maximum absolute atomic E-state index is 6.88. The van der Waals surface area contributed by atoms with Crippen LogP contribution in [0, 0.1) is 0 Å². The number of nitrogens with one attached hydrogen (secondary N) is 2. The van der Waals surface area contributed by atoms with Crippen molar-refractivity contribution in [3.8, 4) is 11.1 Å². The van der Waals surface area contributed by atoms with Gasteiger partial charge in [-0.3, -0.25) is 14.7 Å². The Bertz CT molecular complexity index is 1210. The van der Waals surface area contributed by atoms with Gasteiger partial charge in [-0.1, -0.05) is 41.9 Å². The van der Waals surface area contributed by atoms with E-state index in [1.54, 1.807) is 4.68 Å². The van der Waals surface area contributed by atoms with E-state index in [2.05, 4.69) is 55.8 Å². The fraction of sp³-hybridized carbons (Fsp3) is 0.250. The van der Waals surface area contributed by atoms with Crippen LogP contribution < -0.4 is 5.32 Å². The van der Waals surface area contributed by atoms with Crippen molar-refractivity contribution in [2.24, 2.45) is 7.05 Å². The van der Waals surface area contributed by atoms with Crippen LogP contribution in [0.15, 0.2) is 48.8 Å². The summed E-state index contributed by atoms with van der Waals surface area (Å²) < 4.78 is 1.78. The van der Waals surface area contributed by atoms with E-state index < -0.39 is 0 Å². The third-order valence-electron chi connectivity index (χ3n) is 5.73. The van der Waals surface area contributed by atoms with Crippen LogP contribution in [-0.2, 0) is 13.6 Å². The average Bonchev–Trinajstić information content (AvgIpc) is 3.40. The standard InChI is InChI=1S/C24H25ClN6/c1-30-15-18(14-27-30)4-8-21-23-22(29-28-21)9-7-20(24(23)25)19-5-2-17(3-6-19)16-31-12-10-26-11-13-31/h2-9,14-15,26H,10-13,16H2,1H3,(H,28,29)/b8-4+. The quantitative estimate of drug-likeness (QED) is 0.496. The molecular weight excluding hydrogens is 408 g/mol. The molecule has 2 N–H and O–H groups in total. The Kier molecular flexibility index (Phi) is 5.59. The topological polar surface area (TPSA) is 61.8 Å². The molecule has 1 aliphatic heterocycles. The van der Waals surface area contributed by atoms with E-state index in [1.165, 1.54) is 5.56 Å². The number of benzene rings is 2. The molecule has 0 aliphatic carbocycles. The predicted octanol–water partition coefficient (Wildman–Crippen LogP) is 4.19. The van der Waals surface area contributed by atoms with E-state index in [0.717, 1.165) is 66.0 Å². The molecule has 0 unspecified atom stereocenters. The smallest absolute Gasteiger partial charge is 0.0942 e. The molecule has 1 saturated heterocycles. The maximum atomic E-state index is 6.88. The molecule has 158 valence electrons. The fourth-order valence-corrected chi connectivity index (χ4v) is 4.43. The Labute approximate surface area is 186 Å². The first-order valence-electron chi connectivity index (χ1n) is 10.5. The van der Waals surface area contributed by atoms with Crippen molar-refractivity contribution in [3.63, 3.8) is 0 Å². The Morgan fingerprint density at radius 1 is 1.06 bits per heavy atom. The minimum atomic E-state index is 0.715. The summed E-state index contributed by atoms with van der Waals surface area (Å²) >= 11 is 6.88. The van der Waals surface area contributed by atoms with E-state index in [1.807, 2.05) is 37.7 Å². The van der Waals surface area contributed by atoms with Crippen LogP contribution in [0.4, 0.5) is 0 Å². The molecule has 31 heavy (non-hydrogen) atoms. The van der Waals surface area contributed by atoms with Crippen LogP contribution in [0.2, 0.25) is 5.02 Å². The third-order valence-corrected chi connectivity index (χ3v) is 6.13. The first-order valence-corrected chi connectivity index (χ1v) is 10.9. The molecule has 1 aliphatic rings. The first kappa shape index (κ1) is 20.0. The summed E-state index contributed by atoms with van der Waals surface area (Å²) in [6.07, 6.45) is 7.75. The van der Waals surface area contributed by atoms with E-state index in [4.69, 9.17) is 11.6 Å². The lowest BCUT2D eigenvalue weighted by Gasteiger charge is -2.27. The van der Waals surface area contributed by atoms with Crippen molar-refractivity contribution in [3.05, 3.63) is 70.6 Å². The second-order valence-corrected chi connectivity index (χ2v) is 8.34. The number of aromatic amines is 1. The van der Waals surface area contributed by atoms with Gasteiger partial charge >= 0.3 is 0 Å². The zero-order valence-corrected chi connectivity index (χ0v) is 18.2. The summed E-state index contributed by atoms with van der Waals surface area (Å²) in [6, 6.07) is 12.8. The van der Waals surface area contributed by atoms with Gasteiger partial charge in [-0.25, -0.2) is 0 Å². The van der Waals surface area contributed by atoms with Gasteiger partial charge in [0.1, 0.15) is 0 Å². The molecule has 0 saturated carbocycles. The Balaban J connectivity index is 1.42. The van der Waals surface area contributed by atoms with Crippen molar-refractivity contribution in [2.45, 2.75) is 6.54 Å². The number of rotatable bonds is 5. The molecule has 0 bridgehead atoms. The van der Waals surface area contributed by atoms with Gasteiger partial charge in [0, 0.05) is 62.5 Å². The van der Waals surface area contributed by atoms with Crippen molar-refractivity contribution in [1.82, 2.24) is 30.2 Å². The molecule has 5 rings (SSSR count). The molecule has 2 aromatic carbocycles. The Hall–Kier alpha value is -2.93. The summed E-state index contributed by atoms with van der Waals surface area (Å²) in [5.41, 5.74) is 6.22. The number of piperazine rings is 1. The zero-order chi connectivity index (χ0) is 21.2. The molecule has 2 aromatic heterocycles. The number of halogens is 1. The highest BCUT2D eigenvalue weighted by Crippen LogP contribution is 2.36. The third kappa shape index (κ3) is 4.28. The number of fused-ring (bicyclic) bond motifs is 1. The molecule has 0 atom stereocenters. The minimum Gasteiger partial charge on any atom is -0.314 e. The number of aromatic nitrogens is 4. The molecule has 7 heteroatoms. The van der Waals surface area contributed by atoms with Crippen LogP contribution in [0.1, 0.15) is 16.8 Å². The molecule has 1 fully saturated rings. The molecule has 3 heterocycles. The number of hydrogen-bond donors (Lipinski definition) is 2. The maximum Gasteiger partial charge on any atom is 0.0942 e. The second-order valence-electron chi connectivity index (χ2n) is 7.96. The Morgan fingerprint density at radius 2 is 1.87 bits per heavy atom. The lowest BCUT2D eigenvalue weighted by Crippen LogP contribution is -2.42. The molecule has 0 amide bonds. The highest BCUT2D eigenvalue weighted by molar-refractivity contribution is 6.38. The molecule has 0 spiro atoms. The van der Waals surface area contributed by atoms with Gasteiger partial charge in [-0.05, 0) is 29.3 Å². The lowest BCUT2D eigenvalue weighted by molar-refractivity contribution is 0.233. The summed E-state index contributed by atoms with van der Waals surface area (Å²) in [4.78, 5) is 2.48. The van der Waals surface area contributed by atoms with Crippen LogP contribution in [0.25, 0.3) is 34.2 Å². The van der Waals surface area contributed by atoms with Crippen LogP contribution in [0.5, 0.6) is 0 Å². The molecule has 4 aromatic rings. The van der Waals surface area contributed by atoms with Gasteiger partial charge in [0.25, 0.3) is 0 Å². The number of H-pyrrole nitrogens is 1. The molecule has 6 nitrogen and oxygen atoms in total. The summed E-state index contributed by atoms with van der Waals surface area (Å²) in [5, 5.41) is 16.8. The number of nitrogens with zero attached hydrogens (tertiary/aromatic N) is 4. The molecular formula is C24H25ClN6. The van der Waals surface area contributed by atoms with Crippen LogP contribution in [0.3, 0.4) is 0 Å². The zero-order valence-electron chi connectivity index (χ0n) is 17.5. The van der Waals surface area contributed by atoms with Gasteiger partial charge < -0.3 is 5.32 Å². The van der Waals surface area contributed by atoms with E-state index in [-0.39, 0.29) is 0 Å². The first-order chi connectivity index (χ1) is 15.2. The normalized spacial score (nSPS) is 15.3. The summed E-state index contributed by atoms with van der Waals surface area (Å²) in [7, 11) is 1.90. The Morgan fingerprint density at radius 3 is 2.61 bits per heavy atom. The fourth-order valence-electron chi connectivity index (χ4n) is 4.06. The van der Waals surface area contributed by atoms with E-state index >= 15 is 0 Å². The number of hydrogen-bond acceptors (Lipinski definition) is 4. The van der Waals surface area contributed by atoms with E-state index in [9.17, 15) is 0 Å². The van der Waals surface area contributed by atoms with Gasteiger partial charge in [0.2, 0.25) is 0 Å². The largest absolute Gasteiger partial charge is 0.314 e. The minimum absolute atomic E-state index is 0.715. The second kappa shape index (κ2) is 8.67. The van der Waals surface area contributed by atoms with E-state index in [0.29, 0.717) is 5.02 Å².